The minimum atomic E-state index is -0.282. The Labute approximate surface area is 104 Å². The molecule has 1 aromatic carbocycles. The van der Waals surface area contributed by atoms with Crippen molar-refractivity contribution in [3.8, 4) is 5.75 Å². The predicted molar refractivity (Wildman–Crippen MR) is 73.1 cm³/mol. The molecule has 0 spiro atoms. The van der Waals surface area contributed by atoms with E-state index in [1.807, 2.05) is 30.4 Å². The molecule has 0 unspecified atom stereocenters. The first-order valence-corrected chi connectivity index (χ1v) is 5.89. The molecule has 0 aromatic heterocycles. The Hall–Kier alpha value is -1.54. The topological polar surface area (TPSA) is 32.3 Å². The SMILES string of the molecule is C=CCCN[C@@](C)(CC=C)c1ccccc1O. The summed E-state index contributed by atoms with van der Waals surface area (Å²) >= 11 is 0. The largest absolute Gasteiger partial charge is 0.508 e. The van der Waals surface area contributed by atoms with E-state index in [9.17, 15) is 5.11 Å². The van der Waals surface area contributed by atoms with Gasteiger partial charge in [-0.05, 0) is 32.4 Å². The molecular weight excluding hydrogens is 210 g/mol. The summed E-state index contributed by atoms with van der Waals surface area (Å²) in [7, 11) is 0. The van der Waals surface area contributed by atoms with Crippen LogP contribution in [0, 0.1) is 0 Å². The Bertz CT molecular complexity index is 386. The van der Waals surface area contributed by atoms with E-state index < -0.39 is 0 Å². The molecule has 2 heteroatoms. The highest BCUT2D eigenvalue weighted by Gasteiger charge is 2.26. The van der Waals surface area contributed by atoms with Gasteiger partial charge in [0.05, 0.1) is 0 Å². The van der Waals surface area contributed by atoms with Crippen molar-refractivity contribution >= 4 is 0 Å². The van der Waals surface area contributed by atoms with Crippen LogP contribution in [-0.2, 0) is 5.54 Å². The fraction of sp³-hybridized carbons (Fsp3) is 0.333. The zero-order valence-electron chi connectivity index (χ0n) is 10.4. The van der Waals surface area contributed by atoms with E-state index in [-0.39, 0.29) is 5.54 Å². The first kappa shape index (κ1) is 13.5. The quantitative estimate of drug-likeness (QED) is 0.557. The van der Waals surface area contributed by atoms with Gasteiger partial charge in [0.2, 0.25) is 0 Å². The van der Waals surface area contributed by atoms with Gasteiger partial charge in [0.25, 0.3) is 0 Å². The van der Waals surface area contributed by atoms with Gasteiger partial charge in [-0.1, -0.05) is 30.4 Å². The lowest BCUT2D eigenvalue weighted by atomic mass is 9.87. The standard InChI is InChI=1S/C15H21NO/c1-4-6-12-16-15(3,11-5-2)13-9-7-8-10-14(13)17/h4-5,7-10,16-17H,1-2,6,11-12H2,3H3/t15-/m0/s1. The molecular formula is C15H21NO. The lowest BCUT2D eigenvalue weighted by Gasteiger charge is -2.31. The molecule has 0 fully saturated rings. The molecule has 0 saturated carbocycles. The molecule has 2 nitrogen and oxygen atoms in total. The van der Waals surface area contributed by atoms with Crippen LogP contribution >= 0.6 is 0 Å². The van der Waals surface area contributed by atoms with E-state index in [2.05, 4.69) is 25.4 Å². The normalized spacial score (nSPS) is 13.9. The van der Waals surface area contributed by atoms with E-state index >= 15 is 0 Å². The average Bonchev–Trinajstić information content (AvgIpc) is 2.30. The summed E-state index contributed by atoms with van der Waals surface area (Å²) in [5, 5.41) is 13.4. The van der Waals surface area contributed by atoms with Crippen LogP contribution in [0.1, 0.15) is 25.3 Å². The summed E-state index contributed by atoms with van der Waals surface area (Å²) in [6.45, 7) is 10.4. The Morgan fingerprint density at radius 1 is 1.29 bits per heavy atom. The van der Waals surface area contributed by atoms with Crippen molar-refractivity contribution in [3.05, 3.63) is 55.1 Å². The molecule has 1 atom stereocenters. The van der Waals surface area contributed by atoms with Crippen LogP contribution in [0.15, 0.2) is 49.6 Å². The first-order valence-electron chi connectivity index (χ1n) is 5.89. The van der Waals surface area contributed by atoms with Crippen molar-refractivity contribution in [2.24, 2.45) is 0 Å². The van der Waals surface area contributed by atoms with Crippen molar-refractivity contribution in [1.29, 1.82) is 0 Å². The van der Waals surface area contributed by atoms with Gasteiger partial charge < -0.3 is 10.4 Å². The number of benzene rings is 1. The van der Waals surface area contributed by atoms with Crippen molar-refractivity contribution < 1.29 is 5.11 Å². The van der Waals surface area contributed by atoms with Crippen LogP contribution < -0.4 is 5.32 Å². The van der Waals surface area contributed by atoms with Crippen LogP contribution in [-0.4, -0.2) is 11.7 Å². The molecule has 2 N–H and O–H groups in total. The maximum Gasteiger partial charge on any atom is 0.120 e. The Kier molecular flexibility index (Phi) is 4.98. The number of para-hydroxylation sites is 1. The average molecular weight is 231 g/mol. The molecule has 1 aromatic rings. The second-order valence-corrected chi connectivity index (χ2v) is 4.35. The molecule has 1 rings (SSSR count). The summed E-state index contributed by atoms with van der Waals surface area (Å²) in [4.78, 5) is 0. The van der Waals surface area contributed by atoms with Crippen molar-refractivity contribution in [2.75, 3.05) is 6.54 Å². The fourth-order valence-corrected chi connectivity index (χ4v) is 1.96. The number of rotatable bonds is 7. The van der Waals surface area contributed by atoms with Crippen LogP contribution in [0.2, 0.25) is 0 Å². The number of phenolic OH excluding ortho intramolecular Hbond substituents is 1. The molecule has 0 heterocycles. The van der Waals surface area contributed by atoms with Crippen molar-refractivity contribution in [1.82, 2.24) is 5.32 Å². The summed E-state index contributed by atoms with van der Waals surface area (Å²) in [6.07, 6.45) is 5.42. The van der Waals surface area contributed by atoms with E-state index in [1.165, 1.54) is 0 Å². The van der Waals surface area contributed by atoms with Gasteiger partial charge in [-0.3, -0.25) is 0 Å². The summed E-state index contributed by atoms with van der Waals surface area (Å²) < 4.78 is 0. The van der Waals surface area contributed by atoms with Crippen LogP contribution in [0.3, 0.4) is 0 Å². The zero-order valence-corrected chi connectivity index (χ0v) is 10.4. The Morgan fingerprint density at radius 3 is 2.59 bits per heavy atom. The molecule has 0 amide bonds. The Morgan fingerprint density at radius 2 is 2.00 bits per heavy atom. The third-order valence-electron chi connectivity index (χ3n) is 2.91. The molecule has 0 aliphatic rings. The van der Waals surface area contributed by atoms with Gasteiger partial charge in [0.15, 0.2) is 0 Å². The summed E-state index contributed by atoms with van der Waals surface area (Å²) in [5.74, 6) is 0.322. The van der Waals surface area contributed by atoms with Crippen LogP contribution in [0.5, 0.6) is 5.75 Å². The monoisotopic (exact) mass is 231 g/mol. The second kappa shape index (κ2) is 6.26. The Balaban J connectivity index is 2.93. The molecule has 92 valence electrons. The first-order chi connectivity index (χ1) is 8.14. The highest BCUT2D eigenvalue weighted by molar-refractivity contribution is 5.38. The zero-order chi connectivity index (χ0) is 12.7. The smallest absolute Gasteiger partial charge is 0.120 e. The highest BCUT2D eigenvalue weighted by atomic mass is 16.3. The van der Waals surface area contributed by atoms with Crippen molar-refractivity contribution in [2.45, 2.75) is 25.3 Å². The van der Waals surface area contributed by atoms with Gasteiger partial charge in [0.1, 0.15) is 5.75 Å². The summed E-state index contributed by atoms with van der Waals surface area (Å²) in [6, 6.07) is 7.42. The molecule has 0 bridgehead atoms. The predicted octanol–water partition coefficient (Wildman–Crippen LogP) is 3.35. The molecule has 0 aliphatic heterocycles. The van der Waals surface area contributed by atoms with Crippen molar-refractivity contribution in [3.63, 3.8) is 0 Å². The van der Waals surface area contributed by atoms with E-state index in [0.717, 1.165) is 24.9 Å². The number of aromatic hydroxyl groups is 1. The third kappa shape index (κ3) is 3.46. The molecule has 0 aliphatic carbocycles. The molecule has 17 heavy (non-hydrogen) atoms. The minimum Gasteiger partial charge on any atom is -0.508 e. The second-order valence-electron chi connectivity index (χ2n) is 4.35. The minimum absolute atomic E-state index is 0.282. The number of hydrogen-bond donors (Lipinski definition) is 2. The van der Waals surface area contributed by atoms with Gasteiger partial charge in [-0.15, -0.1) is 13.2 Å². The summed E-state index contributed by atoms with van der Waals surface area (Å²) in [5.41, 5.74) is 0.625. The maximum absolute atomic E-state index is 9.93. The molecule has 0 saturated heterocycles. The number of hydrogen-bond acceptors (Lipinski definition) is 2. The van der Waals surface area contributed by atoms with Crippen LogP contribution in [0.25, 0.3) is 0 Å². The third-order valence-corrected chi connectivity index (χ3v) is 2.91. The van der Waals surface area contributed by atoms with Crippen LogP contribution in [0.4, 0.5) is 0 Å². The van der Waals surface area contributed by atoms with Gasteiger partial charge in [-0.2, -0.15) is 0 Å². The number of phenols is 1. The van der Waals surface area contributed by atoms with E-state index in [4.69, 9.17) is 0 Å². The van der Waals surface area contributed by atoms with E-state index in [1.54, 1.807) is 6.07 Å². The van der Waals surface area contributed by atoms with Gasteiger partial charge >= 0.3 is 0 Å². The maximum atomic E-state index is 9.93. The number of nitrogens with one attached hydrogen (secondary N) is 1. The highest BCUT2D eigenvalue weighted by Crippen LogP contribution is 2.31. The van der Waals surface area contributed by atoms with Gasteiger partial charge in [0, 0.05) is 11.1 Å². The fourth-order valence-electron chi connectivity index (χ4n) is 1.96. The lowest BCUT2D eigenvalue weighted by Crippen LogP contribution is -2.39. The van der Waals surface area contributed by atoms with Gasteiger partial charge in [-0.25, -0.2) is 0 Å². The lowest BCUT2D eigenvalue weighted by molar-refractivity contribution is 0.353. The van der Waals surface area contributed by atoms with E-state index in [0.29, 0.717) is 5.75 Å². The molecule has 0 radical (unpaired) electrons.